The van der Waals surface area contributed by atoms with Gasteiger partial charge in [-0.15, -0.1) is 0 Å². The van der Waals surface area contributed by atoms with Crippen LogP contribution in [0.1, 0.15) is 67.5 Å². The second-order valence-corrected chi connectivity index (χ2v) is 7.92. The largest absolute Gasteiger partial charge is 0.356 e. The smallest absolute Gasteiger partial charge is 0.271 e. The summed E-state index contributed by atoms with van der Waals surface area (Å²) in [6.07, 6.45) is 11.6. The number of rotatable bonds is 5. The maximum Gasteiger partial charge on any atom is 0.271 e. The Balaban J connectivity index is 1.36. The predicted octanol–water partition coefficient (Wildman–Crippen LogP) is 2.03. The molecule has 0 aromatic carbocycles. The van der Waals surface area contributed by atoms with Gasteiger partial charge in [-0.1, -0.05) is 19.3 Å². The minimum Gasteiger partial charge on any atom is -0.356 e. The molecule has 1 aromatic heterocycles. The van der Waals surface area contributed by atoms with Gasteiger partial charge in [0.05, 0.1) is 17.9 Å². The van der Waals surface area contributed by atoms with Crippen molar-refractivity contribution in [2.24, 2.45) is 11.8 Å². The van der Waals surface area contributed by atoms with Crippen LogP contribution in [0.15, 0.2) is 6.33 Å². The van der Waals surface area contributed by atoms with Crippen LogP contribution in [-0.4, -0.2) is 34.0 Å². The summed E-state index contributed by atoms with van der Waals surface area (Å²) in [6, 6.07) is 0.295. The van der Waals surface area contributed by atoms with E-state index in [1.54, 1.807) is 6.33 Å². The van der Waals surface area contributed by atoms with Crippen molar-refractivity contribution in [3.8, 4) is 0 Å². The Morgan fingerprint density at radius 1 is 1.12 bits per heavy atom. The first-order valence-corrected chi connectivity index (χ1v) is 9.83. The molecule has 1 aromatic rings. The van der Waals surface area contributed by atoms with E-state index < -0.39 is 0 Å². The Labute approximate surface area is 148 Å². The number of carbonyl (C=O) groups excluding carboxylic acids is 2. The molecule has 0 saturated heterocycles. The number of nitrogens with one attached hydrogen (secondary N) is 2. The number of hydrogen-bond donors (Lipinski definition) is 2. The Morgan fingerprint density at radius 3 is 2.68 bits per heavy atom. The van der Waals surface area contributed by atoms with E-state index in [4.69, 9.17) is 0 Å². The normalized spacial score (nSPS) is 23.8. The number of hydrogen-bond acceptors (Lipinski definition) is 3. The third kappa shape index (κ3) is 3.88. The topological polar surface area (TPSA) is 76.0 Å². The fourth-order valence-corrected chi connectivity index (χ4v) is 4.08. The Bertz CT molecular complexity index is 644. The van der Waals surface area contributed by atoms with Crippen LogP contribution in [0, 0.1) is 11.8 Å². The number of aromatic nitrogens is 2. The van der Waals surface area contributed by atoms with Crippen molar-refractivity contribution in [1.29, 1.82) is 0 Å². The van der Waals surface area contributed by atoms with Crippen molar-refractivity contribution in [1.82, 2.24) is 20.2 Å². The molecule has 1 unspecified atom stereocenters. The maximum atomic E-state index is 12.6. The molecule has 0 radical (unpaired) electrons. The molecule has 2 fully saturated rings. The third-order valence-corrected chi connectivity index (χ3v) is 5.88. The fourth-order valence-electron chi connectivity index (χ4n) is 4.08. The van der Waals surface area contributed by atoms with Crippen LogP contribution >= 0.6 is 0 Å². The molecule has 0 spiro atoms. The van der Waals surface area contributed by atoms with Gasteiger partial charge in [0.25, 0.3) is 5.91 Å². The van der Waals surface area contributed by atoms with E-state index in [9.17, 15) is 9.59 Å². The molecule has 2 aliphatic carbocycles. The summed E-state index contributed by atoms with van der Waals surface area (Å²) in [5.74, 6) is 0.804. The average molecular weight is 344 g/mol. The number of carbonyl (C=O) groups is 2. The van der Waals surface area contributed by atoms with Gasteiger partial charge in [0.15, 0.2) is 0 Å². The number of amides is 2. The molecule has 0 bridgehead atoms. The molecule has 2 saturated carbocycles. The SMILES string of the molecule is O=C(NC1CCCCC1)c1ncn2c1CCC(C(=O)NCC1CC1)C2. The highest BCUT2D eigenvalue weighted by atomic mass is 16.2. The zero-order chi connectivity index (χ0) is 17.2. The van der Waals surface area contributed by atoms with E-state index in [1.807, 2.05) is 4.57 Å². The van der Waals surface area contributed by atoms with Gasteiger partial charge in [0, 0.05) is 19.1 Å². The van der Waals surface area contributed by atoms with Gasteiger partial charge < -0.3 is 15.2 Å². The van der Waals surface area contributed by atoms with Gasteiger partial charge in [-0.2, -0.15) is 0 Å². The molecular weight excluding hydrogens is 316 g/mol. The molecule has 2 amide bonds. The summed E-state index contributed by atoms with van der Waals surface area (Å²) in [5.41, 5.74) is 1.54. The summed E-state index contributed by atoms with van der Waals surface area (Å²) in [7, 11) is 0. The Kier molecular flexibility index (Phi) is 4.77. The van der Waals surface area contributed by atoms with Crippen molar-refractivity contribution in [2.75, 3.05) is 6.54 Å². The second kappa shape index (κ2) is 7.18. The van der Waals surface area contributed by atoms with Crippen LogP contribution in [0.25, 0.3) is 0 Å². The summed E-state index contributed by atoms with van der Waals surface area (Å²) in [6.45, 7) is 1.46. The Hall–Kier alpha value is -1.85. The lowest BCUT2D eigenvalue weighted by molar-refractivity contribution is -0.126. The molecule has 2 heterocycles. The molecule has 1 atom stereocenters. The van der Waals surface area contributed by atoms with E-state index in [0.29, 0.717) is 24.2 Å². The first-order chi connectivity index (χ1) is 12.2. The van der Waals surface area contributed by atoms with Crippen molar-refractivity contribution in [2.45, 2.75) is 70.4 Å². The molecule has 3 aliphatic rings. The molecule has 2 N–H and O–H groups in total. The van der Waals surface area contributed by atoms with Gasteiger partial charge in [-0.25, -0.2) is 4.98 Å². The highest BCUT2D eigenvalue weighted by Gasteiger charge is 2.30. The zero-order valence-corrected chi connectivity index (χ0v) is 14.8. The number of nitrogens with zero attached hydrogens (tertiary/aromatic N) is 2. The molecule has 25 heavy (non-hydrogen) atoms. The molecular formula is C19H28N4O2. The van der Waals surface area contributed by atoms with Crippen LogP contribution < -0.4 is 10.6 Å². The monoisotopic (exact) mass is 344 g/mol. The first-order valence-electron chi connectivity index (χ1n) is 9.83. The van der Waals surface area contributed by atoms with Crippen LogP contribution in [0.2, 0.25) is 0 Å². The minimum atomic E-state index is -0.0442. The lowest BCUT2D eigenvalue weighted by atomic mass is 9.94. The van der Waals surface area contributed by atoms with Crippen molar-refractivity contribution in [3.63, 3.8) is 0 Å². The summed E-state index contributed by atoms with van der Waals surface area (Å²) >= 11 is 0. The van der Waals surface area contributed by atoms with Gasteiger partial charge in [-0.3, -0.25) is 9.59 Å². The molecule has 4 rings (SSSR count). The predicted molar refractivity (Wildman–Crippen MR) is 94.1 cm³/mol. The third-order valence-electron chi connectivity index (χ3n) is 5.88. The molecule has 6 heteroatoms. The quantitative estimate of drug-likeness (QED) is 0.858. The number of fused-ring (bicyclic) bond motifs is 1. The van der Waals surface area contributed by atoms with E-state index in [-0.39, 0.29) is 17.7 Å². The van der Waals surface area contributed by atoms with Crippen LogP contribution in [0.4, 0.5) is 0 Å². The highest BCUT2D eigenvalue weighted by Crippen LogP contribution is 2.28. The van der Waals surface area contributed by atoms with E-state index >= 15 is 0 Å². The lowest BCUT2D eigenvalue weighted by Gasteiger charge is -2.25. The lowest BCUT2D eigenvalue weighted by Crippen LogP contribution is -2.38. The zero-order valence-electron chi connectivity index (χ0n) is 14.8. The standard InChI is InChI=1S/C19H28N4O2/c24-18(20-10-13-6-7-13)14-8-9-16-17(21-12-23(16)11-14)19(25)22-15-4-2-1-3-5-15/h12-15H,1-11H2,(H,20,24)(H,22,25). The fraction of sp³-hybridized carbons (Fsp3) is 0.737. The van der Waals surface area contributed by atoms with Gasteiger partial charge in [0.1, 0.15) is 5.69 Å². The maximum absolute atomic E-state index is 12.6. The van der Waals surface area contributed by atoms with E-state index in [2.05, 4.69) is 15.6 Å². The summed E-state index contributed by atoms with van der Waals surface area (Å²) < 4.78 is 2.00. The van der Waals surface area contributed by atoms with Crippen molar-refractivity contribution in [3.05, 3.63) is 17.7 Å². The van der Waals surface area contributed by atoms with Crippen LogP contribution in [0.3, 0.4) is 0 Å². The summed E-state index contributed by atoms with van der Waals surface area (Å²) in [5, 5.41) is 6.23. The average Bonchev–Trinajstić information content (AvgIpc) is 3.37. The van der Waals surface area contributed by atoms with Crippen LogP contribution in [0.5, 0.6) is 0 Å². The van der Waals surface area contributed by atoms with Crippen LogP contribution in [-0.2, 0) is 17.8 Å². The highest BCUT2D eigenvalue weighted by molar-refractivity contribution is 5.93. The Morgan fingerprint density at radius 2 is 1.92 bits per heavy atom. The molecule has 6 nitrogen and oxygen atoms in total. The number of imidazole rings is 1. The van der Waals surface area contributed by atoms with Crippen molar-refractivity contribution < 1.29 is 9.59 Å². The van der Waals surface area contributed by atoms with E-state index in [0.717, 1.165) is 37.9 Å². The van der Waals surface area contributed by atoms with Gasteiger partial charge in [-0.05, 0) is 44.4 Å². The summed E-state index contributed by atoms with van der Waals surface area (Å²) in [4.78, 5) is 29.3. The van der Waals surface area contributed by atoms with Gasteiger partial charge in [0.2, 0.25) is 5.91 Å². The van der Waals surface area contributed by atoms with E-state index in [1.165, 1.54) is 32.1 Å². The minimum absolute atomic E-state index is 0.00490. The molecule has 1 aliphatic heterocycles. The van der Waals surface area contributed by atoms with Gasteiger partial charge >= 0.3 is 0 Å². The first kappa shape index (κ1) is 16.6. The second-order valence-electron chi connectivity index (χ2n) is 7.92. The molecule has 136 valence electrons. The van der Waals surface area contributed by atoms with Crippen molar-refractivity contribution >= 4 is 11.8 Å².